The van der Waals surface area contributed by atoms with E-state index in [0.717, 1.165) is 24.9 Å². The molecule has 2 atom stereocenters. The molecule has 2 aromatic rings. The molecule has 25 heavy (non-hydrogen) atoms. The predicted octanol–water partition coefficient (Wildman–Crippen LogP) is 2.91. The summed E-state index contributed by atoms with van der Waals surface area (Å²) in [6, 6.07) is 4.09. The average Bonchev–Trinajstić information content (AvgIpc) is 3.32. The minimum atomic E-state index is 0.222. The number of aromatic nitrogens is 4. The first-order valence-corrected chi connectivity index (χ1v) is 10.9. The van der Waals surface area contributed by atoms with Crippen molar-refractivity contribution in [2.75, 3.05) is 18.8 Å². The lowest BCUT2D eigenvalue weighted by molar-refractivity contribution is -0.131. The van der Waals surface area contributed by atoms with Crippen LogP contribution in [-0.4, -0.2) is 49.9 Å². The van der Waals surface area contributed by atoms with Gasteiger partial charge in [0.15, 0.2) is 0 Å². The summed E-state index contributed by atoms with van der Waals surface area (Å²) in [7, 11) is 0. The third-order valence-electron chi connectivity index (χ3n) is 5.35. The molecule has 6 nitrogen and oxygen atoms in total. The van der Waals surface area contributed by atoms with E-state index in [1.54, 1.807) is 16.0 Å². The van der Waals surface area contributed by atoms with Gasteiger partial charge < -0.3 is 4.90 Å². The van der Waals surface area contributed by atoms with Crippen molar-refractivity contribution < 1.29 is 4.79 Å². The van der Waals surface area contributed by atoms with E-state index in [1.807, 2.05) is 11.4 Å². The van der Waals surface area contributed by atoms with E-state index >= 15 is 0 Å². The molecule has 1 aliphatic heterocycles. The van der Waals surface area contributed by atoms with Crippen LogP contribution in [0.25, 0.3) is 0 Å². The topological polar surface area (TPSA) is 63.9 Å². The highest BCUT2D eigenvalue weighted by Crippen LogP contribution is 2.36. The minimum absolute atomic E-state index is 0.222. The second-order valence-corrected chi connectivity index (χ2v) is 8.89. The average molecular weight is 378 g/mol. The van der Waals surface area contributed by atoms with E-state index in [4.69, 9.17) is 0 Å². The Balaban J connectivity index is 1.31. The summed E-state index contributed by atoms with van der Waals surface area (Å²) < 4.78 is 1.77. The SMILES string of the molecule is O=C(CSc1nnnn1Cc1cccs1)N1CC[C@@H]2CCCC[C@H]2C1. The largest absolute Gasteiger partial charge is 0.342 e. The molecule has 0 aromatic carbocycles. The molecule has 2 aromatic heterocycles. The number of rotatable bonds is 5. The normalized spacial score (nSPS) is 23.4. The number of tetrazole rings is 1. The maximum atomic E-state index is 12.6. The summed E-state index contributed by atoms with van der Waals surface area (Å²) in [5.41, 5.74) is 0. The lowest BCUT2D eigenvalue weighted by atomic mass is 9.75. The molecule has 8 heteroatoms. The molecule has 2 fully saturated rings. The molecular formula is C17H23N5OS2. The van der Waals surface area contributed by atoms with Gasteiger partial charge in [0.1, 0.15) is 0 Å². The first-order valence-electron chi connectivity index (χ1n) is 8.99. The van der Waals surface area contributed by atoms with Crippen molar-refractivity contribution in [1.82, 2.24) is 25.1 Å². The number of thiophene rings is 1. The van der Waals surface area contributed by atoms with E-state index in [-0.39, 0.29) is 5.91 Å². The van der Waals surface area contributed by atoms with Crippen LogP contribution < -0.4 is 0 Å². The summed E-state index contributed by atoms with van der Waals surface area (Å²) in [5.74, 6) is 2.21. The van der Waals surface area contributed by atoms with Crippen LogP contribution in [0, 0.1) is 11.8 Å². The van der Waals surface area contributed by atoms with Gasteiger partial charge in [-0.25, -0.2) is 4.68 Å². The molecule has 4 rings (SSSR count). The Labute approximate surface area is 156 Å². The maximum Gasteiger partial charge on any atom is 0.233 e. The predicted molar refractivity (Wildman–Crippen MR) is 98.6 cm³/mol. The highest BCUT2D eigenvalue weighted by Gasteiger charge is 2.32. The fourth-order valence-electron chi connectivity index (χ4n) is 3.99. The monoisotopic (exact) mass is 377 g/mol. The van der Waals surface area contributed by atoms with Gasteiger partial charge >= 0.3 is 0 Å². The van der Waals surface area contributed by atoms with Crippen molar-refractivity contribution in [2.45, 2.75) is 43.8 Å². The van der Waals surface area contributed by atoms with Gasteiger partial charge in [-0.3, -0.25) is 4.79 Å². The Morgan fingerprint density at radius 2 is 2.16 bits per heavy atom. The molecule has 1 aliphatic carbocycles. The number of carbonyl (C=O) groups excluding carboxylic acids is 1. The van der Waals surface area contributed by atoms with E-state index in [1.165, 1.54) is 48.7 Å². The molecule has 0 bridgehead atoms. The number of fused-ring (bicyclic) bond motifs is 1. The van der Waals surface area contributed by atoms with Gasteiger partial charge in [0.05, 0.1) is 12.3 Å². The van der Waals surface area contributed by atoms with Crippen molar-refractivity contribution in [3.63, 3.8) is 0 Å². The molecule has 0 unspecified atom stereocenters. The highest BCUT2D eigenvalue weighted by molar-refractivity contribution is 7.99. The maximum absolute atomic E-state index is 12.6. The van der Waals surface area contributed by atoms with E-state index in [9.17, 15) is 4.79 Å². The molecular weight excluding hydrogens is 354 g/mol. The second-order valence-electron chi connectivity index (χ2n) is 6.92. The Hall–Kier alpha value is -1.41. The van der Waals surface area contributed by atoms with Crippen LogP contribution in [0.4, 0.5) is 0 Å². The van der Waals surface area contributed by atoms with Gasteiger partial charge in [0.2, 0.25) is 11.1 Å². The van der Waals surface area contributed by atoms with E-state index in [0.29, 0.717) is 17.5 Å². The number of thioether (sulfide) groups is 1. The fraction of sp³-hybridized carbons (Fsp3) is 0.647. The molecule has 1 saturated heterocycles. The van der Waals surface area contributed by atoms with Crippen molar-refractivity contribution in [3.05, 3.63) is 22.4 Å². The third kappa shape index (κ3) is 4.06. The number of hydrogen-bond acceptors (Lipinski definition) is 6. The van der Waals surface area contributed by atoms with Gasteiger partial charge in [-0.1, -0.05) is 37.1 Å². The quantitative estimate of drug-likeness (QED) is 0.750. The van der Waals surface area contributed by atoms with Crippen LogP contribution >= 0.6 is 23.1 Å². The van der Waals surface area contributed by atoms with Gasteiger partial charge in [0.25, 0.3) is 0 Å². The summed E-state index contributed by atoms with van der Waals surface area (Å²) >= 11 is 3.13. The first-order chi connectivity index (χ1) is 12.3. The molecule has 0 spiro atoms. The lowest BCUT2D eigenvalue weighted by Gasteiger charge is -2.41. The zero-order chi connectivity index (χ0) is 17.1. The summed E-state index contributed by atoms with van der Waals surface area (Å²) in [4.78, 5) is 15.9. The van der Waals surface area contributed by atoms with E-state index < -0.39 is 0 Å². The van der Waals surface area contributed by atoms with Crippen LogP contribution in [0.15, 0.2) is 22.7 Å². The van der Waals surface area contributed by atoms with Crippen molar-refractivity contribution in [1.29, 1.82) is 0 Å². The van der Waals surface area contributed by atoms with Crippen LogP contribution in [0.1, 0.15) is 37.0 Å². The summed E-state index contributed by atoms with van der Waals surface area (Å²) in [6.07, 6.45) is 6.53. The zero-order valence-corrected chi connectivity index (χ0v) is 15.8. The fourth-order valence-corrected chi connectivity index (χ4v) is 5.46. The molecule has 1 saturated carbocycles. The Morgan fingerprint density at radius 3 is 3.00 bits per heavy atom. The van der Waals surface area contributed by atoms with E-state index in [2.05, 4.69) is 26.5 Å². The van der Waals surface area contributed by atoms with Crippen LogP contribution in [0.3, 0.4) is 0 Å². The number of likely N-dealkylation sites (tertiary alicyclic amines) is 1. The van der Waals surface area contributed by atoms with Gasteiger partial charge in [-0.15, -0.1) is 16.4 Å². The molecule has 2 aliphatic rings. The molecule has 134 valence electrons. The van der Waals surface area contributed by atoms with Crippen molar-refractivity contribution in [2.24, 2.45) is 11.8 Å². The van der Waals surface area contributed by atoms with Gasteiger partial charge in [-0.2, -0.15) is 0 Å². The number of hydrogen-bond donors (Lipinski definition) is 0. The molecule has 0 N–H and O–H groups in total. The number of carbonyl (C=O) groups is 1. The minimum Gasteiger partial charge on any atom is -0.342 e. The Bertz CT molecular complexity index is 702. The van der Waals surface area contributed by atoms with Crippen LogP contribution in [0.2, 0.25) is 0 Å². The van der Waals surface area contributed by atoms with Crippen LogP contribution in [0.5, 0.6) is 0 Å². The summed E-state index contributed by atoms with van der Waals surface area (Å²) in [5, 5.41) is 14.7. The van der Waals surface area contributed by atoms with Crippen molar-refractivity contribution in [3.8, 4) is 0 Å². The molecule has 0 radical (unpaired) electrons. The van der Waals surface area contributed by atoms with Gasteiger partial charge in [0, 0.05) is 18.0 Å². The van der Waals surface area contributed by atoms with Gasteiger partial charge in [-0.05, 0) is 46.6 Å². The molecule has 1 amide bonds. The highest BCUT2D eigenvalue weighted by atomic mass is 32.2. The third-order valence-corrected chi connectivity index (χ3v) is 7.16. The number of piperidine rings is 1. The van der Waals surface area contributed by atoms with Crippen molar-refractivity contribution >= 4 is 29.0 Å². The van der Waals surface area contributed by atoms with Crippen LogP contribution in [-0.2, 0) is 11.3 Å². The molecule has 3 heterocycles. The standard InChI is InChI=1S/C17H23N5OS2/c23-16(21-8-7-13-4-1-2-5-14(13)10-21)12-25-17-18-19-20-22(17)11-15-6-3-9-24-15/h3,6,9,13-14H,1-2,4-5,7-8,10-12H2/t13-,14-/m0/s1. The number of amides is 1. The smallest absolute Gasteiger partial charge is 0.233 e. The number of nitrogens with zero attached hydrogens (tertiary/aromatic N) is 5. The Kier molecular flexibility index (Phi) is 5.36. The summed E-state index contributed by atoms with van der Waals surface area (Å²) in [6.45, 7) is 2.53. The lowest BCUT2D eigenvalue weighted by Crippen LogP contribution is -2.45. The Morgan fingerprint density at radius 1 is 1.28 bits per heavy atom. The zero-order valence-electron chi connectivity index (χ0n) is 14.2. The second kappa shape index (κ2) is 7.86. The first kappa shape index (κ1) is 17.0.